The third-order valence-electron chi connectivity index (χ3n) is 3.24. The molecule has 0 fully saturated rings. The van der Waals surface area contributed by atoms with Gasteiger partial charge in [-0.15, -0.1) is 11.3 Å². The summed E-state index contributed by atoms with van der Waals surface area (Å²) < 4.78 is 7.42. The van der Waals surface area contributed by atoms with Crippen molar-refractivity contribution in [2.45, 2.75) is 12.5 Å². The zero-order chi connectivity index (χ0) is 13.8. The van der Waals surface area contributed by atoms with Crippen LogP contribution in [0, 0.1) is 0 Å². The zero-order valence-electron chi connectivity index (χ0n) is 11.3. The predicted octanol–water partition coefficient (Wildman–Crippen LogP) is 3.00. The fourth-order valence-corrected chi connectivity index (χ4v) is 3.02. The smallest absolute Gasteiger partial charge is 0.131 e. The summed E-state index contributed by atoms with van der Waals surface area (Å²) in [6, 6.07) is 8.27. The molecule has 0 spiro atoms. The van der Waals surface area contributed by atoms with E-state index in [2.05, 4.69) is 32.4 Å². The minimum atomic E-state index is 0.130. The molecule has 0 radical (unpaired) electrons. The van der Waals surface area contributed by atoms with E-state index in [9.17, 15) is 0 Å². The molecule has 1 N–H and O–H groups in total. The molecule has 3 aromatic rings. The van der Waals surface area contributed by atoms with E-state index in [1.54, 1.807) is 17.6 Å². The highest BCUT2D eigenvalue weighted by atomic mass is 32.1. The predicted molar refractivity (Wildman–Crippen MR) is 79.8 cm³/mol. The number of hydrogen-bond acceptors (Lipinski definition) is 4. The van der Waals surface area contributed by atoms with E-state index in [1.807, 2.05) is 31.6 Å². The van der Waals surface area contributed by atoms with Gasteiger partial charge in [0.25, 0.3) is 0 Å². The third-order valence-corrected chi connectivity index (χ3v) is 4.18. The van der Waals surface area contributed by atoms with Crippen LogP contribution >= 0.6 is 11.3 Å². The quantitative estimate of drug-likeness (QED) is 0.758. The fraction of sp³-hybridized carbons (Fsp3) is 0.267. The molecule has 3 heterocycles. The summed E-state index contributed by atoms with van der Waals surface area (Å²) in [5, 5.41) is 5.67. The first-order valence-corrected chi connectivity index (χ1v) is 7.49. The second kappa shape index (κ2) is 6.07. The van der Waals surface area contributed by atoms with Crippen LogP contribution in [-0.4, -0.2) is 16.1 Å². The van der Waals surface area contributed by atoms with E-state index in [1.165, 1.54) is 4.88 Å². The van der Waals surface area contributed by atoms with Crippen molar-refractivity contribution in [2.75, 3.05) is 6.54 Å². The SMILES string of the molecule is Cn1ccnc1C(NCCc1ccco1)c1cccs1. The number of hydrogen-bond donors (Lipinski definition) is 1. The van der Waals surface area contributed by atoms with Crippen LogP contribution in [-0.2, 0) is 13.5 Å². The molecular weight excluding hydrogens is 270 g/mol. The first kappa shape index (κ1) is 13.1. The van der Waals surface area contributed by atoms with Gasteiger partial charge in [0, 0.05) is 37.3 Å². The summed E-state index contributed by atoms with van der Waals surface area (Å²) in [5.74, 6) is 2.04. The van der Waals surface area contributed by atoms with Crippen molar-refractivity contribution in [1.29, 1.82) is 0 Å². The lowest BCUT2D eigenvalue weighted by Gasteiger charge is -2.17. The van der Waals surface area contributed by atoms with Crippen molar-refractivity contribution >= 4 is 11.3 Å². The van der Waals surface area contributed by atoms with Crippen LogP contribution in [0.5, 0.6) is 0 Å². The van der Waals surface area contributed by atoms with Crippen molar-refractivity contribution in [3.05, 3.63) is 64.8 Å². The molecular formula is C15H17N3OS. The molecule has 0 aromatic carbocycles. The number of aromatic nitrogens is 2. The van der Waals surface area contributed by atoms with Crippen LogP contribution in [0.4, 0.5) is 0 Å². The van der Waals surface area contributed by atoms with Crippen LogP contribution in [0.25, 0.3) is 0 Å². The molecule has 0 aliphatic carbocycles. The lowest BCUT2D eigenvalue weighted by atomic mass is 10.2. The Balaban J connectivity index is 1.72. The first-order chi connectivity index (χ1) is 9.84. The molecule has 20 heavy (non-hydrogen) atoms. The molecule has 0 bridgehead atoms. The van der Waals surface area contributed by atoms with Gasteiger partial charge < -0.3 is 14.3 Å². The number of thiophene rings is 1. The molecule has 0 aliphatic heterocycles. The average Bonchev–Trinajstić information content (AvgIpc) is 3.18. The van der Waals surface area contributed by atoms with Gasteiger partial charge in [0.2, 0.25) is 0 Å². The number of imidazole rings is 1. The second-order valence-electron chi connectivity index (χ2n) is 4.63. The van der Waals surface area contributed by atoms with Crippen molar-refractivity contribution in [3.8, 4) is 0 Å². The van der Waals surface area contributed by atoms with Crippen molar-refractivity contribution in [2.24, 2.45) is 7.05 Å². The standard InChI is InChI=1S/C15H17N3OS/c1-18-9-8-17-15(18)14(13-5-3-11-20-13)16-7-6-12-4-2-10-19-12/h2-5,8-11,14,16H,6-7H2,1H3. The molecule has 0 saturated carbocycles. The molecule has 0 saturated heterocycles. The van der Waals surface area contributed by atoms with Gasteiger partial charge in [0.1, 0.15) is 17.6 Å². The van der Waals surface area contributed by atoms with Crippen molar-refractivity contribution < 1.29 is 4.42 Å². The molecule has 104 valence electrons. The monoisotopic (exact) mass is 287 g/mol. The Labute approximate surface area is 122 Å². The molecule has 3 rings (SSSR count). The number of nitrogens with zero attached hydrogens (tertiary/aromatic N) is 2. The molecule has 1 unspecified atom stereocenters. The molecule has 4 nitrogen and oxygen atoms in total. The lowest BCUT2D eigenvalue weighted by molar-refractivity contribution is 0.486. The van der Waals surface area contributed by atoms with Crippen LogP contribution in [0.2, 0.25) is 0 Å². The molecule has 0 aliphatic rings. The van der Waals surface area contributed by atoms with Gasteiger partial charge in [0.05, 0.1) is 6.26 Å². The maximum Gasteiger partial charge on any atom is 0.131 e. The summed E-state index contributed by atoms with van der Waals surface area (Å²) >= 11 is 1.75. The van der Waals surface area contributed by atoms with Gasteiger partial charge in [-0.1, -0.05) is 6.07 Å². The van der Waals surface area contributed by atoms with Gasteiger partial charge in [-0.25, -0.2) is 4.98 Å². The van der Waals surface area contributed by atoms with Crippen LogP contribution in [0.1, 0.15) is 22.5 Å². The summed E-state index contributed by atoms with van der Waals surface area (Å²) in [7, 11) is 2.02. The Morgan fingerprint density at radius 2 is 2.35 bits per heavy atom. The Morgan fingerprint density at radius 3 is 3.00 bits per heavy atom. The van der Waals surface area contributed by atoms with Crippen molar-refractivity contribution in [1.82, 2.24) is 14.9 Å². The minimum Gasteiger partial charge on any atom is -0.469 e. The first-order valence-electron chi connectivity index (χ1n) is 6.61. The summed E-state index contributed by atoms with van der Waals surface area (Å²) in [6.45, 7) is 0.850. The number of rotatable bonds is 6. The summed E-state index contributed by atoms with van der Waals surface area (Å²) in [6.07, 6.45) is 6.40. The van der Waals surface area contributed by atoms with E-state index < -0.39 is 0 Å². The van der Waals surface area contributed by atoms with Crippen LogP contribution in [0.15, 0.2) is 52.7 Å². The van der Waals surface area contributed by atoms with E-state index >= 15 is 0 Å². The normalized spacial score (nSPS) is 12.7. The second-order valence-corrected chi connectivity index (χ2v) is 5.61. The third kappa shape index (κ3) is 2.84. The topological polar surface area (TPSA) is 43.0 Å². The van der Waals surface area contributed by atoms with E-state index in [0.29, 0.717) is 0 Å². The number of furan rings is 1. The van der Waals surface area contributed by atoms with Crippen molar-refractivity contribution in [3.63, 3.8) is 0 Å². The van der Waals surface area contributed by atoms with Gasteiger partial charge >= 0.3 is 0 Å². The molecule has 0 amide bonds. The lowest BCUT2D eigenvalue weighted by Crippen LogP contribution is -2.26. The van der Waals surface area contributed by atoms with E-state index in [-0.39, 0.29) is 6.04 Å². The average molecular weight is 287 g/mol. The zero-order valence-corrected chi connectivity index (χ0v) is 12.1. The Hall–Kier alpha value is -1.85. The molecule has 3 aromatic heterocycles. The summed E-state index contributed by atoms with van der Waals surface area (Å²) in [5.41, 5.74) is 0. The number of nitrogens with one attached hydrogen (secondary N) is 1. The van der Waals surface area contributed by atoms with Gasteiger partial charge in [-0.3, -0.25) is 0 Å². The largest absolute Gasteiger partial charge is 0.469 e. The van der Waals surface area contributed by atoms with Gasteiger partial charge in [0.15, 0.2) is 0 Å². The Morgan fingerprint density at radius 1 is 1.40 bits per heavy atom. The Bertz CT molecular complexity index is 628. The molecule has 1 atom stereocenters. The highest BCUT2D eigenvalue weighted by Gasteiger charge is 2.18. The van der Waals surface area contributed by atoms with Crippen LogP contribution in [0.3, 0.4) is 0 Å². The number of aryl methyl sites for hydroxylation is 1. The van der Waals surface area contributed by atoms with Gasteiger partial charge in [-0.05, 0) is 23.6 Å². The Kier molecular flexibility index (Phi) is 3.99. The highest BCUT2D eigenvalue weighted by molar-refractivity contribution is 7.10. The van der Waals surface area contributed by atoms with E-state index in [0.717, 1.165) is 24.6 Å². The maximum absolute atomic E-state index is 5.36. The minimum absolute atomic E-state index is 0.130. The highest BCUT2D eigenvalue weighted by Crippen LogP contribution is 2.24. The summed E-state index contributed by atoms with van der Waals surface area (Å²) in [4.78, 5) is 5.75. The van der Waals surface area contributed by atoms with Crippen LogP contribution < -0.4 is 5.32 Å². The molecule has 5 heteroatoms. The maximum atomic E-state index is 5.36. The van der Waals surface area contributed by atoms with E-state index in [4.69, 9.17) is 4.42 Å². The van der Waals surface area contributed by atoms with Gasteiger partial charge in [-0.2, -0.15) is 0 Å². The fourth-order valence-electron chi connectivity index (χ4n) is 2.22.